The molecule has 0 bridgehead atoms. The molecular formula is C15H18ClF3NO2+. The first-order chi connectivity index (χ1) is 10.4. The van der Waals surface area contributed by atoms with Crippen molar-refractivity contribution in [3.63, 3.8) is 0 Å². The third-order valence-electron chi connectivity index (χ3n) is 3.71. The van der Waals surface area contributed by atoms with Gasteiger partial charge in [-0.25, -0.2) is 4.79 Å². The average molecular weight is 337 g/mol. The fourth-order valence-corrected chi connectivity index (χ4v) is 2.75. The maximum absolute atomic E-state index is 13.1. The van der Waals surface area contributed by atoms with Gasteiger partial charge < -0.3 is 9.64 Å². The number of likely N-dealkylation sites (tertiary alicyclic amines) is 1. The summed E-state index contributed by atoms with van der Waals surface area (Å²) in [6.07, 6.45) is -3.81. The number of carbonyl (C=O) groups is 1. The predicted molar refractivity (Wildman–Crippen MR) is 76.1 cm³/mol. The zero-order chi connectivity index (χ0) is 16.2. The summed E-state index contributed by atoms with van der Waals surface area (Å²) in [6, 6.07) is 5.72. The molecule has 1 aromatic carbocycles. The van der Waals surface area contributed by atoms with Crippen LogP contribution < -0.4 is 4.90 Å². The molecule has 7 heteroatoms. The first-order valence-electron chi connectivity index (χ1n) is 7.23. The van der Waals surface area contributed by atoms with E-state index < -0.39 is 18.2 Å². The van der Waals surface area contributed by atoms with Gasteiger partial charge in [0.25, 0.3) is 0 Å². The molecule has 122 valence electrons. The minimum atomic E-state index is -4.57. The Kier molecular flexibility index (Phi) is 5.69. The van der Waals surface area contributed by atoms with Crippen LogP contribution in [0.3, 0.4) is 0 Å². The van der Waals surface area contributed by atoms with Crippen molar-refractivity contribution in [1.29, 1.82) is 0 Å². The molecule has 0 aromatic heterocycles. The Morgan fingerprint density at radius 2 is 1.95 bits per heavy atom. The van der Waals surface area contributed by atoms with Gasteiger partial charge in [-0.1, -0.05) is 17.7 Å². The van der Waals surface area contributed by atoms with E-state index >= 15 is 0 Å². The van der Waals surface area contributed by atoms with Crippen LogP contribution in [0, 0.1) is 0 Å². The number of quaternary nitrogens is 1. The van der Waals surface area contributed by atoms with Gasteiger partial charge in [0.1, 0.15) is 6.54 Å². The topological polar surface area (TPSA) is 30.7 Å². The van der Waals surface area contributed by atoms with Gasteiger partial charge in [-0.05, 0) is 37.5 Å². The Labute approximate surface area is 132 Å². The summed E-state index contributed by atoms with van der Waals surface area (Å²) in [5.74, 6) is -0.999. The second-order valence-corrected chi connectivity index (χ2v) is 5.90. The van der Waals surface area contributed by atoms with Crippen LogP contribution in [0.4, 0.5) is 13.2 Å². The molecule has 1 fully saturated rings. The summed E-state index contributed by atoms with van der Waals surface area (Å²) in [6.45, 7) is 1.12. The van der Waals surface area contributed by atoms with E-state index in [9.17, 15) is 18.0 Å². The number of halogens is 4. The van der Waals surface area contributed by atoms with Crippen LogP contribution in [-0.4, -0.2) is 37.9 Å². The van der Waals surface area contributed by atoms with Gasteiger partial charge in [0, 0.05) is 5.02 Å². The molecule has 22 heavy (non-hydrogen) atoms. The number of alkyl halides is 3. The molecule has 1 saturated heterocycles. The molecule has 0 spiro atoms. The third kappa shape index (κ3) is 4.88. The van der Waals surface area contributed by atoms with Crippen molar-refractivity contribution < 1.29 is 27.6 Å². The molecule has 3 nitrogen and oxygen atoms in total. The van der Waals surface area contributed by atoms with E-state index in [0.717, 1.165) is 24.2 Å². The van der Waals surface area contributed by atoms with E-state index in [-0.39, 0.29) is 17.1 Å². The fraction of sp³-hybridized carbons (Fsp3) is 0.533. The summed E-state index contributed by atoms with van der Waals surface area (Å²) in [7, 11) is 0. The normalized spacial score (nSPS) is 18.0. The van der Waals surface area contributed by atoms with Crippen molar-refractivity contribution in [3.8, 4) is 0 Å². The molecule has 0 radical (unpaired) electrons. The molecule has 0 unspecified atom stereocenters. The minimum Gasteiger partial charge on any atom is -0.443 e. The van der Waals surface area contributed by atoms with Crippen LogP contribution in [-0.2, 0) is 4.74 Å². The number of ether oxygens (including phenoxy) is 1. The van der Waals surface area contributed by atoms with Crippen LogP contribution in [0.1, 0.15) is 29.6 Å². The summed E-state index contributed by atoms with van der Waals surface area (Å²) in [4.78, 5) is 12.7. The Balaban J connectivity index is 2.04. The third-order valence-corrected chi connectivity index (χ3v) is 3.94. The molecule has 2 rings (SSSR count). The van der Waals surface area contributed by atoms with Gasteiger partial charge in [-0.3, -0.25) is 0 Å². The Morgan fingerprint density at radius 3 is 2.55 bits per heavy atom. The summed E-state index contributed by atoms with van der Waals surface area (Å²) in [5, 5.41) is 0.277. The molecule has 0 amide bonds. The van der Waals surface area contributed by atoms with E-state index in [4.69, 9.17) is 16.3 Å². The van der Waals surface area contributed by atoms with Gasteiger partial charge in [-0.15, -0.1) is 0 Å². The largest absolute Gasteiger partial charge is 0.443 e. The quantitative estimate of drug-likeness (QED) is 0.856. The zero-order valence-corrected chi connectivity index (χ0v) is 12.7. The molecule has 0 aliphatic carbocycles. The van der Waals surface area contributed by atoms with Gasteiger partial charge in [0.05, 0.1) is 18.7 Å². The minimum absolute atomic E-state index is 0.0235. The molecule has 1 atom stereocenters. The lowest BCUT2D eigenvalue weighted by molar-refractivity contribution is -0.909. The summed E-state index contributed by atoms with van der Waals surface area (Å²) < 4.78 is 44.1. The van der Waals surface area contributed by atoms with E-state index in [1.165, 1.54) is 24.3 Å². The SMILES string of the molecule is O=C(O[C@@H](C[NH+]1CCCCC1)C(F)(F)F)c1cccc(Cl)c1. The number of hydrogen-bond donors (Lipinski definition) is 1. The highest BCUT2D eigenvalue weighted by atomic mass is 35.5. The fourth-order valence-electron chi connectivity index (χ4n) is 2.55. The Morgan fingerprint density at radius 1 is 1.27 bits per heavy atom. The second-order valence-electron chi connectivity index (χ2n) is 5.46. The highest BCUT2D eigenvalue weighted by Gasteiger charge is 2.45. The lowest BCUT2D eigenvalue weighted by Gasteiger charge is -2.28. The average Bonchev–Trinajstić information content (AvgIpc) is 2.46. The van der Waals surface area contributed by atoms with Crippen molar-refractivity contribution in [2.75, 3.05) is 19.6 Å². The zero-order valence-electron chi connectivity index (χ0n) is 12.0. The van der Waals surface area contributed by atoms with Crippen LogP contribution in [0.25, 0.3) is 0 Å². The van der Waals surface area contributed by atoms with Gasteiger partial charge in [0.2, 0.25) is 6.10 Å². The van der Waals surface area contributed by atoms with Crippen molar-refractivity contribution in [2.45, 2.75) is 31.5 Å². The molecule has 1 aliphatic rings. The van der Waals surface area contributed by atoms with E-state index in [2.05, 4.69) is 0 Å². The molecule has 0 saturated carbocycles. The van der Waals surface area contributed by atoms with Gasteiger partial charge in [-0.2, -0.15) is 13.2 Å². The number of rotatable bonds is 4. The van der Waals surface area contributed by atoms with E-state index in [1.54, 1.807) is 0 Å². The second kappa shape index (κ2) is 7.33. The van der Waals surface area contributed by atoms with E-state index in [0.29, 0.717) is 13.1 Å². The van der Waals surface area contributed by atoms with Crippen molar-refractivity contribution in [1.82, 2.24) is 0 Å². The predicted octanol–water partition coefficient (Wildman–Crippen LogP) is 2.50. The first kappa shape index (κ1) is 17.1. The Bertz CT molecular complexity index is 516. The Hall–Kier alpha value is -1.27. The monoisotopic (exact) mass is 336 g/mol. The van der Waals surface area contributed by atoms with Crippen LogP contribution >= 0.6 is 11.6 Å². The van der Waals surface area contributed by atoms with Gasteiger partial charge >= 0.3 is 12.1 Å². The smallest absolute Gasteiger partial charge is 0.431 e. The standard InChI is InChI=1S/C15H17ClF3NO2/c16-12-6-4-5-11(9-12)14(21)22-13(15(17,18)19)10-20-7-2-1-3-8-20/h4-6,9,13H,1-3,7-8,10H2/p+1/t13-/m0/s1. The summed E-state index contributed by atoms with van der Waals surface area (Å²) >= 11 is 5.74. The molecule has 1 N–H and O–H groups in total. The molecule has 1 aliphatic heterocycles. The highest BCUT2D eigenvalue weighted by Crippen LogP contribution is 2.23. The van der Waals surface area contributed by atoms with Crippen LogP contribution in [0.2, 0.25) is 5.02 Å². The van der Waals surface area contributed by atoms with Gasteiger partial charge in [0.15, 0.2) is 0 Å². The highest BCUT2D eigenvalue weighted by molar-refractivity contribution is 6.30. The lowest BCUT2D eigenvalue weighted by atomic mass is 10.1. The van der Waals surface area contributed by atoms with Crippen molar-refractivity contribution in [3.05, 3.63) is 34.9 Å². The number of piperidine rings is 1. The number of carbonyl (C=O) groups excluding carboxylic acids is 1. The van der Waals surface area contributed by atoms with Crippen molar-refractivity contribution >= 4 is 17.6 Å². The maximum atomic E-state index is 13.1. The van der Waals surface area contributed by atoms with Crippen molar-refractivity contribution in [2.24, 2.45) is 0 Å². The number of nitrogens with one attached hydrogen (secondary N) is 1. The number of benzene rings is 1. The molecular weight excluding hydrogens is 319 g/mol. The van der Waals surface area contributed by atoms with E-state index in [1.807, 2.05) is 0 Å². The number of hydrogen-bond acceptors (Lipinski definition) is 2. The maximum Gasteiger partial charge on any atom is 0.431 e. The first-order valence-corrected chi connectivity index (χ1v) is 7.61. The van der Waals surface area contributed by atoms with Crippen LogP contribution in [0.5, 0.6) is 0 Å². The molecule has 1 aromatic rings. The molecule has 1 heterocycles. The summed E-state index contributed by atoms with van der Waals surface area (Å²) in [5.41, 5.74) is 0.0235. The number of esters is 1. The van der Waals surface area contributed by atoms with Crippen LogP contribution in [0.15, 0.2) is 24.3 Å². The lowest BCUT2D eigenvalue weighted by Crippen LogP contribution is -3.14.